The number of methoxy groups -OCH3 is 2. The van der Waals surface area contributed by atoms with Crippen LogP contribution in [0.5, 0.6) is 0 Å². The Morgan fingerprint density at radius 2 is 1.93 bits per heavy atom. The molecule has 0 spiro atoms. The van der Waals surface area contributed by atoms with E-state index in [4.69, 9.17) is 14.2 Å². The van der Waals surface area contributed by atoms with Gasteiger partial charge in [0, 0.05) is 24.7 Å². The Balaban J connectivity index is 2.33. The Morgan fingerprint density at radius 1 is 1.25 bits per heavy atom. The Bertz CT molecular complexity index is 728. The molecule has 1 fully saturated rings. The summed E-state index contributed by atoms with van der Waals surface area (Å²) in [7, 11) is 2.37. The highest BCUT2D eigenvalue weighted by Gasteiger charge is 2.36. The van der Waals surface area contributed by atoms with Gasteiger partial charge in [0.15, 0.2) is 0 Å². The average Bonchev–Trinajstić information content (AvgIpc) is 3.24. The van der Waals surface area contributed by atoms with Gasteiger partial charge in [0.25, 0.3) is 5.69 Å². The third-order valence-corrected chi connectivity index (χ3v) is 4.52. The van der Waals surface area contributed by atoms with Gasteiger partial charge in [0.2, 0.25) is 5.91 Å². The molecule has 0 aromatic heterocycles. The van der Waals surface area contributed by atoms with Crippen molar-refractivity contribution in [2.45, 2.75) is 37.3 Å². The predicted molar refractivity (Wildman–Crippen MR) is 95.4 cm³/mol. The fraction of sp³-hybridized carbons (Fsp3) is 0.500. The van der Waals surface area contributed by atoms with E-state index in [9.17, 15) is 24.5 Å². The van der Waals surface area contributed by atoms with Gasteiger partial charge in [0.05, 0.1) is 25.6 Å². The number of nitrogens with zero attached hydrogens (tertiary/aromatic N) is 1. The highest BCUT2D eigenvalue weighted by atomic mass is 16.6. The van der Waals surface area contributed by atoms with Crippen LogP contribution in [0.4, 0.5) is 5.69 Å². The van der Waals surface area contributed by atoms with Crippen molar-refractivity contribution in [2.75, 3.05) is 20.8 Å². The number of amides is 1. The third kappa shape index (κ3) is 5.26. The molecule has 3 atom stereocenters. The summed E-state index contributed by atoms with van der Waals surface area (Å²) in [6, 6.07) is 4.19. The molecule has 28 heavy (non-hydrogen) atoms. The molecule has 0 aliphatic carbocycles. The zero-order chi connectivity index (χ0) is 20.7. The zero-order valence-corrected chi connectivity index (χ0v) is 15.6. The molecule has 152 valence electrons. The Morgan fingerprint density at radius 3 is 2.43 bits per heavy atom. The predicted octanol–water partition coefficient (Wildman–Crippen LogP) is 1.08. The van der Waals surface area contributed by atoms with Crippen molar-refractivity contribution < 1.29 is 33.5 Å². The van der Waals surface area contributed by atoms with Crippen molar-refractivity contribution in [3.05, 3.63) is 39.9 Å². The SMILES string of the molecule is COC(=O)C[C@@H](c1ccc([N+](=O)[O-])cc1)[C@H](NC(=O)[C@@H]1CCCO1)C(=O)OC. The lowest BCUT2D eigenvalue weighted by Gasteiger charge is -2.26. The lowest BCUT2D eigenvalue weighted by Crippen LogP contribution is -2.49. The maximum Gasteiger partial charge on any atom is 0.329 e. The minimum absolute atomic E-state index is 0.140. The quantitative estimate of drug-likeness (QED) is 0.393. The number of esters is 2. The molecule has 10 heteroatoms. The molecule has 1 aliphatic heterocycles. The van der Waals surface area contributed by atoms with Crippen LogP contribution >= 0.6 is 0 Å². The van der Waals surface area contributed by atoms with Crippen LogP contribution in [0.1, 0.15) is 30.7 Å². The molecule has 1 aliphatic rings. The summed E-state index contributed by atoms with van der Waals surface area (Å²) in [5.74, 6) is -2.68. The first-order chi connectivity index (χ1) is 13.4. The Labute approximate surface area is 161 Å². The van der Waals surface area contributed by atoms with Crippen molar-refractivity contribution in [3.8, 4) is 0 Å². The van der Waals surface area contributed by atoms with E-state index >= 15 is 0 Å². The molecule has 0 unspecified atom stereocenters. The van der Waals surface area contributed by atoms with Crippen LogP contribution in [-0.4, -0.2) is 55.7 Å². The number of nitro groups is 1. The van der Waals surface area contributed by atoms with Gasteiger partial charge in [-0.2, -0.15) is 0 Å². The van der Waals surface area contributed by atoms with E-state index in [0.717, 1.165) is 6.42 Å². The van der Waals surface area contributed by atoms with E-state index < -0.39 is 40.8 Å². The minimum atomic E-state index is -1.19. The van der Waals surface area contributed by atoms with E-state index in [1.165, 1.54) is 38.5 Å². The summed E-state index contributed by atoms with van der Waals surface area (Å²) in [6.45, 7) is 0.453. The van der Waals surface area contributed by atoms with Crippen LogP contribution in [0.2, 0.25) is 0 Å². The molecular weight excluding hydrogens is 372 g/mol. The van der Waals surface area contributed by atoms with Gasteiger partial charge in [-0.15, -0.1) is 0 Å². The van der Waals surface area contributed by atoms with E-state index in [-0.39, 0.29) is 12.1 Å². The van der Waals surface area contributed by atoms with Gasteiger partial charge >= 0.3 is 11.9 Å². The molecule has 2 rings (SSSR count). The molecule has 1 aromatic carbocycles. The number of carbonyl (C=O) groups excluding carboxylic acids is 3. The second-order valence-corrected chi connectivity index (χ2v) is 6.25. The van der Waals surface area contributed by atoms with Crippen molar-refractivity contribution in [1.29, 1.82) is 0 Å². The van der Waals surface area contributed by atoms with Gasteiger partial charge in [-0.25, -0.2) is 4.79 Å². The summed E-state index contributed by atoms with van der Waals surface area (Å²) in [5, 5.41) is 13.5. The second kappa shape index (κ2) is 9.79. The molecule has 1 N–H and O–H groups in total. The van der Waals surface area contributed by atoms with E-state index in [1.54, 1.807) is 0 Å². The highest BCUT2D eigenvalue weighted by Crippen LogP contribution is 2.27. The molecule has 0 saturated carbocycles. The number of benzene rings is 1. The first kappa shape index (κ1) is 21.3. The molecule has 1 heterocycles. The third-order valence-electron chi connectivity index (χ3n) is 4.52. The lowest BCUT2D eigenvalue weighted by molar-refractivity contribution is -0.384. The van der Waals surface area contributed by atoms with Gasteiger partial charge in [0.1, 0.15) is 12.1 Å². The Hall–Kier alpha value is -3.01. The average molecular weight is 394 g/mol. The van der Waals surface area contributed by atoms with Crippen molar-refractivity contribution >= 4 is 23.5 Å². The number of carbonyl (C=O) groups is 3. The number of nitro benzene ring substituents is 1. The number of hydrogen-bond acceptors (Lipinski definition) is 8. The number of hydrogen-bond donors (Lipinski definition) is 1. The topological polar surface area (TPSA) is 134 Å². The van der Waals surface area contributed by atoms with E-state index in [1.807, 2.05) is 0 Å². The first-order valence-corrected chi connectivity index (χ1v) is 8.68. The highest BCUT2D eigenvalue weighted by molar-refractivity contribution is 5.88. The lowest BCUT2D eigenvalue weighted by atomic mass is 9.88. The van der Waals surface area contributed by atoms with E-state index in [2.05, 4.69) is 5.32 Å². The Kier molecular flexibility index (Phi) is 7.44. The maximum absolute atomic E-state index is 12.5. The summed E-state index contributed by atoms with van der Waals surface area (Å²) >= 11 is 0. The van der Waals surface area contributed by atoms with Crippen molar-refractivity contribution in [2.24, 2.45) is 0 Å². The minimum Gasteiger partial charge on any atom is -0.469 e. The summed E-state index contributed by atoms with van der Waals surface area (Å²) in [5.41, 5.74) is 0.303. The van der Waals surface area contributed by atoms with Gasteiger partial charge < -0.3 is 19.5 Å². The smallest absolute Gasteiger partial charge is 0.329 e. The van der Waals surface area contributed by atoms with Crippen LogP contribution in [0.25, 0.3) is 0 Å². The molecule has 1 amide bonds. The largest absolute Gasteiger partial charge is 0.469 e. The number of ether oxygens (including phenoxy) is 3. The molecule has 1 saturated heterocycles. The number of non-ortho nitro benzene ring substituents is 1. The number of nitrogens with one attached hydrogen (secondary N) is 1. The van der Waals surface area contributed by atoms with Gasteiger partial charge in [-0.3, -0.25) is 19.7 Å². The molecule has 0 bridgehead atoms. The van der Waals surface area contributed by atoms with Crippen molar-refractivity contribution in [3.63, 3.8) is 0 Å². The van der Waals surface area contributed by atoms with Crippen LogP contribution in [0.15, 0.2) is 24.3 Å². The van der Waals surface area contributed by atoms with Gasteiger partial charge in [-0.05, 0) is 18.4 Å². The summed E-state index contributed by atoms with van der Waals surface area (Å²) < 4.78 is 14.8. The first-order valence-electron chi connectivity index (χ1n) is 8.68. The summed E-state index contributed by atoms with van der Waals surface area (Å²) in [4.78, 5) is 47.1. The molecule has 10 nitrogen and oxygen atoms in total. The van der Waals surface area contributed by atoms with Crippen LogP contribution in [-0.2, 0) is 28.6 Å². The standard InChI is InChI=1S/C18H22N2O8/c1-26-15(21)10-13(11-5-7-12(8-6-11)20(24)25)16(18(23)27-2)19-17(22)14-4-3-9-28-14/h5-8,13-14,16H,3-4,9-10H2,1-2H3,(H,19,22)/t13-,14-,16-/m0/s1. The maximum atomic E-state index is 12.5. The molecule has 1 aromatic rings. The number of rotatable bonds is 8. The van der Waals surface area contributed by atoms with Gasteiger partial charge in [-0.1, -0.05) is 12.1 Å². The fourth-order valence-corrected chi connectivity index (χ4v) is 3.02. The van der Waals surface area contributed by atoms with Crippen LogP contribution < -0.4 is 5.32 Å². The second-order valence-electron chi connectivity index (χ2n) is 6.25. The monoisotopic (exact) mass is 394 g/mol. The zero-order valence-electron chi connectivity index (χ0n) is 15.6. The van der Waals surface area contributed by atoms with E-state index in [0.29, 0.717) is 18.6 Å². The van der Waals surface area contributed by atoms with Crippen LogP contribution in [0, 0.1) is 10.1 Å². The molecular formula is C18H22N2O8. The summed E-state index contributed by atoms with van der Waals surface area (Å²) in [6.07, 6.45) is 0.344. The fourth-order valence-electron chi connectivity index (χ4n) is 3.02. The normalized spacial score (nSPS) is 18.0. The van der Waals surface area contributed by atoms with Crippen molar-refractivity contribution in [1.82, 2.24) is 5.32 Å². The van der Waals surface area contributed by atoms with Crippen LogP contribution in [0.3, 0.4) is 0 Å². The molecule has 0 radical (unpaired) electrons.